The summed E-state index contributed by atoms with van der Waals surface area (Å²) in [7, 11) is 0. The van der Waals surface area contributed by atoms with Crippen LogP contribution in [0, 0.1) is 0 Å². The molecule has 0 aliphatic rings. The van der Waals surface area contributed by atoms with Crippen LogP contribution in [0.1, 0.15) is 212 Å². The molecule has 0 bridgehead atoms. The third-order valence-corrected chi connectivity index (χ3v) is 7.93. The van der Waals surface area contributed by atoms with Crippen molar-refractivity contribution in [2.45, 2.75) is 212 Å². The Morgan fingerprint density at radius 3 is 0.629 bits per heavy atom. The average molecular weight is 493 g/mol. The second-order valence-electron chi connectivity index (χ2n) is 11.6. The summed E-state index contributed by atoms with van der Waals surface area (Å²) in [5.74, 6) is 0. The monoisotopic (exact) mass is 493 g/mol. The largest absolute Gasteiger partial charge is 0.303 e. The fourth-order valence-electron chi connectivity index (χ4n) is 5.43. The van der Waals surface area contributed by atoms with Crippen molar-refractivity contribution in [1.29, 1.82) is 0 Å². The van der Waals surface area contributed by atoms with Gasteiger partial charge in [-0.15, -0.1) is 0 Å². The summed E-state index contributed by atoms with van der Waals surface area (Å²) in [6, 6.07) is 0. The molecule has 0 aromatic heterocycles. The van der Waals surface area contributed by atoms with Crippen LogP contribution in [0.3, 0.4) is 0 Å². The summed E-state index contributed by atoms with van der Waals surface area (Å²) in [4.78, 5) is 10.3. The minimum absolute atomic E-state index is 0.763. The topological polar surface area (TPSA) is 17.1 Å². The number of carbonyl (C=O) groups is 1. The maximum Gasteiger partial charge on any atom is 0.119 e. The van der Waals surface area contributed by atoms with Crippen molar-refractivity contribution in [2.75, 3.05) is 0 Å². The van der Waals surface area contributed by atoms with E-state index in [2.05, 4.69) is 6.92 Å². The van der Waals surface area contributed by atoms with Crippen LogP contribution in [0.5, 0.6) is 0 Å². The van der Waals surface area contributed by atoms with Crippen LogP contribution in [0.4, 0.5) is 0 Å². The van der Waals surface area contributed by atoms with Gasteiger partial charge in [0.2, 0.25) is 0 Å². The van der Waals surface area contributed by atoms with Crippen molar-refractivity contribution in [3.8, 4) is 0 Å². The number of carbonyl (C=O) groups excluding carboxylic acids is 1. The van der Waals surface area contributed by atoms with Gasteiger partial charge in [0.25, 0.3) is 0 Å². The lowest BCUT2D eigenvalue weighted by molar-refractivity contribution is -0.107. The van der Waals surface area contributed by atoms with Gasteiger partial charge in [0.15, 0.2) is 0 Å². The van der Waals surface area contributed by atoms with Crippen molar-refractivity contribution < 1.29 is 4.79 Å². The van der Waals surface area contributed by atoms with E-state index in [4.69, 9.17) is 0 Å². The molecule has 0 unspecified atom stereocenters. The molecule has 1 heteroatoms. The number of hydrogen-bond acceptors (Lipinski definition) is 1. The van der Waals surface area contributed by atoms with Crippen LogP contribution in [0.15, 0.2) is 0 Å². The Hall–Kier alpha value is -0.330. The molecule has 0 saturated heterocycles. The summed E-state index contributed by atoms with van der Waals surface area (Å²) in [6.45, 7) is 2.30. The first-order valence-corrected chi connectivity index (χ1v) is 16.9. The first-order valence-electron chi connectivity index (χ1n) is 16.9. The molecule has 0 amide bonds. The van der Waals surface area contributed by atoms with Crippen molar-refractivity contribution in [1.82, 2.24) is 0 Å². The first-order chi connectivity index (χ1) is 17.4. The first kappa shape index (κ1) is 34.7. The van der Waals surface area contributed by atoms with Crippen LogP contribution in [0.25, 0.3) is 0 Å². The Morgan fingerprint density at radius 1 is 0.286 bits per heavy atom. The Morgan fingerprint density at radius 2 is 0.457 bits per heavy atom. The van der Waals surface area contributed by atoms with Crippen molar-refractivity contribution >= 4 is 6.29 Å². The molecule has 0 N–H and O–H groups in total. The third kappa shape index (κ3) is 33.7. The maximum atomic E-state index is 10.3. The molecule has 0 heterocycles. The number of unbranched alkanes of at least 4 members (excludes halogenated alkanes) is 31. The van der Waals surface area contributed by atoms with E-state index >= 15 is 0 Å². The summed E-state index contributed by atoms with van der Waals surface area (Å²) < 4.78 is 0. The van der Waals surface area contributed by atoms with Crippen LogP contribution < -0.4 is 0 Å². The lowest BCUT2D eigenvalue weighted by Gasteiger charge is -2.04. The summed E-state index contributed by atoms with van der Waals surface area (Å²) >= 11 is 0. The van der Waals surface area contributed by atoms with Crippen LogP contribution in [0.2, 0.25) is 0 Å². The third-order valence-electron chi connectivity index (χ3n) is 7.93. The van der Waals surface area contributed by atoms with Gasteiger partial charge in [-0.2, -0.15) is 0 Å². The molecule has 0 aromatic carbocycles. The lowest BCUT2D eigenvalue weighted by atomic mass is 10.0. The average Bonchev–Trinajstić information content (AvgIpc) is 2.87. The molecule has 0 atom stereocenters. The van der Waals surface area contributed by atoms with E-state index in [1.165, 1.54) is 193 Å². The van der Waals surface area contributed by atoms with Gasteiger partial charge in [0, 0.05) is 6.42 Å². The van der Waals surface area contributed by atoms with Crippen LogP contribution in [-0.2, 0) is 4.79 Å². The Kier molecular flexibility index (Phi) is 33.4. The van der Waals surface area contributed by atoms with Crippen molar-refractivity contribution in [3.63, 3.8) is 0 Å². The van der Waals surface area contributed by atoms with Gasteiger partial charge < -0.3 is 4.79 Å². The van der Waals surface area contributed by atoms with E-state index in [1.54, 1.807) is 0 Å². The van der Waals surface area contributed by atoms with E-state index < -0.39 is 0 Å². The molecule has 0 rings (SSSR count). The Balaban J connectivity index is 3.00. The lowest BCUT2D eigenvalue weighted by Crippen LogP contribution is -1.85. The molecule has 0 radical (unpaired) electrons. The molecular formula is C34H68O. The van der Waals surface area contributed by atoms with Crippen LogP contribution in [-0.4, -0.2) is 6.29 Å². The molecule has 0 aromatic rings. The Bertz CT molecular complexity index is 364. The molecule has 0 spiro atoms. The normalized spacial score (nSPS) is 11.3. The van der Waals surface area contributed by atoms with Gasteiger partial charge in [-0.25, -0.2) is 0 Å². The van der Waals surface area contributed by atoms with E-state index in [0.29, 0.717) is 0 Å². The molecule has 210 valence electrons. The minimum atomic E-state index is 0.763. The predicted molar refractivity (Wildman–Crippen MR) is 159 cm³/mol. The molecule has 35 heavy (non-hydrogen) atoms. The fraction of sp³-hybridized carbons (Fsp3) is 0.971. The zero-order valence-electron chi connectivity index (χ0n) is 24.6. The number of rotatable bonds is 32. The van der Waals surface area contributed by atoms with E-state index in [-0.39, 0.29) is 0 Å². The van der Waals surface area contributed by atoms with Crippen LogP contribution >= 0.6 is 0 Å². The van der Waals surface area contributed by atoms with E-state index in [0.717, 1.165) is 19.1 Å². The highest BCUT2D eigenvalue weighted by molar-refractivity contribution is 5.48. The summed E-state index contributed by atoms with van der Waals surface area (Å²) in [5, 5.41) is 0. The maximum absolute atomic E-state index is 10.3. The van der Waals surface area contributed by atoms with Gasteiger partial charge in [0.1, 0.15) is 6.29 Å². The molecule has 0 saturated carbocycles. The molecule has 0 aliphatic heterocycles. The molecule has 0 aliphatic carbocycles. The second-order valence-corrected chi connectivity index (χ2v) is 11.6. The van der Waals surface area contributed by atoms with Gasteiger partial charge in [0.05, 0.1) is 0 Å². The van der Waals surface area contributed by atoms with Crippen molar-refractivity contribution in [3.05, 3.63) is 0 Å². The fourth-order valence-corrected chi connectivity index (χ4v) is 5.43. The predicted octanol–water partition coefficient (Wildman–Crippen LogP) is 12.7. The standard InChI is InChI=1S/C34H68O/c1-2-3-4-5-6-7-8-9-10-11-12-13-14-15-16-17-18-19-20-21-22-23-24-25-26-27-28-29-30-31-32-33-34-35/h34H,2-33H2,1H3. The molecule has 0 fully saturated rings. The van der Waals surface area contributed by atoms with E-state index in [9.17, 15) is 4.79 Å². The molecule has 1 nitrogen and oxygen atoms in total. The smallest absolute Gasteiger partial charge is 0.119 e. The second kappa shape index (κ2) is 33.7. The number of aldehydes is 1. The number of hydrogen-bond donors (Lipinski definition) is 0. The highest BCUT2D eigenvalue weighted by atomic mass is 16.1. The van der Waals surface area contributed by atoms with Gasteiger partial charge >= 0.3 is 0 Å². The zero-order valence-corrected chi connectivity index (χ0v) is 24.6. The quantitative estimate of drug-likeness (QED) is 0.0673. The van der Waals surface area contributed by atoms with Gasteiger partial charge in [-0.3, -0.25) is 0 Å². The Labute approximate surface area is 223 Å². The SMILES string of the molecule is CCCCCCCCCCCCCCCCCCCCCCCCCCCCCCCCCC=O. The summed E-state index contributed by atoms with van der Waals surface area (Å²) in [5.41, 5.74) is 0. The summed E-state index contributed by atoms with van der Waals surface area (Å²) in [6.07, 6.45) is 46.4. The van der Waals surface area contributed by atoms with E-state index in [1.807, 2.05) is 0 Å². The minimum Gasteiger partial charge on any atom is -0.303 e. The molecular weight excluding hydrogens is 424 g/mol. The van der Waals surface area contributed by atoms with Crippen molar-refractivity contribution in [2.24, 2.45) is 0 Å². The highest BCUT2D eigenvalue weighted by Crippen LogP contribution is 2.16. The van der Waals surface area contributed by atoms with Gasteiger partial charge in [-0.05, 0) is 6.42 Å². The van der Waals surface area contributed by atoms with Gasteiger partial charge in [-0.1, -0.05) is 200 Å². The zero-order chi connectivity index (χ0) is 25.3. The highest BCUT2D eigenvalue weighted by Gasteiger charge is 1.97.